The van der Waals surface area contributed by atoms with Crippen LogP contribution in [-0.2, 0) is 27.5 Å². The number of fused-ring (bicyclic) bond motifs is 2. The van der Waals surface area contributed by atoms with Crippen molar-refractivity contribution in [1.29, 1.82) is 0 Å². The number of ketones is 1. The zero-order chi connectivity index (χ0) is 32.3. The number of hydrogen-bond acceptors (Lipinski definition) is 9. The van der Waals surface area contributed by atoms with E-state index in [1.165, 1.54) is 38.0 Å². The number of carbonyl (C=O) groups is 4. The van der Waals surface area contributed by atoms with Crippen LogP contribution in [0, 0.1) is 23.5 Å². The normalized spacial score (nSPS) is 13.8. The van der Waals surface area contributed by atoms with Crippen molar-refractivity contribution >= 4 is 45.1 Å². The molecular formula is C30H31F2NO10S. The molecule has 0 saturated carbocycles. The number of aliphatic carboxylic acids is 2. The molecule has 0 saturated heterocycles. The van der Waals surface area contributed by atoms with Crippen LogP contribution < -0.4 is 14.2 Å². The van der Waals surface area contributed by atoms with Gasteiger partial charge in [-0.15, -0.1) is 11.3 Å². The molecule has 14 heteroatoms. The topological polar surface area (TPSA) is 160 Å². The van der Waals surface area contributed by atoms with E-state index in [4.69, 9.17) is 24.4 Å². The van der Waals surface area contributed by atoms with Crippen LogP contribution in [0.1, 0.15) is 53.9 Å². The van der Waals surface area contributed by atoms with E-state index in [1.54, 1.807) is 6.07 Å². The van der Waals surface area contributed by atoms with Crippen molar-refractivity contribution in [3.8, 4) is 23.0 Å². The first-order valence-electron chi connectivity index (χ1n) is 13.7. The number of carboxylic acid groups (broad SMARTS) is 2. The SMILES string of the molecule is COc1cc2c(c(F)c1OCCCOc1c(O)cc3sc(C(=O)CC(C)C(=O)O)cc3c1F)CN(C(=O)CC(C)C(=O)O)C2. The third-order valence-corrected chi connectivity index (χ3v) is 8.36. The number of aromatic hydroxyl groups is 1. The van der Waals surface area contributed by atoms with Crippen LogP contribution >= 0.6 is 11.3 Å². The molecule has 1 aliphatic heterocycles. The van der Waals surface area contributed by atoms with Gasteiger partial charge in [0, 0.05) is 54.1 Å². The van der Waals surface area contributed by atoms with Crippen LogP contribution in [0.5, 0.6) is 23.0 Å². The van der Waals surface area contributed by atoms with Gasteiger partial charge in [-0.05, 0) is 17.7 Å². The lowest BCUT2D eigenvalue weighted by Crippen LogP contribution is -2.28. The second-order valence-electron chi connectivity index (χ2n) is 10.5. The molecule has 236 valence electrons. The molecule has 2 heterocycles. The average Bonchev–Trinajstić information content (AvgIpc) is 3.60. The Morgan fingerprint density at radius 3 is 2.20 bits per heavy atom. The van der Waals surface area contributed by atoms with E-state index in [9.17, 15) is 24.3 Å². The predicted octanol–water partition coefficient (Wildman–Crippen LogP) is 4.99. The molecule has 2 unspecified atom stereocenters. The van der Waals surface area contributed by atoms with Crippen molar-refractivity contribution in [2.75, 3.05) is 20.3 Å². The van der Waals surface area contributed by atoms with Gasteiger partial charge >= 0.3 is 11.9 Å². The van der Waals surface area contributed by atoms with Gasteiger partial charge in [-0.1, -0.05) is 13.8 Å². The van der Waals surface area contributed by atoms with E-state index in [-0.39, 0.29) is 77.6 Å². The molecule has 2 aromatic carbocycles. The molecular weight excluding hydrogens is 604 g/mol. The standard InChI is InChI=1S/C30H31F2NO10S/c1-14(29(37)38)7-19(34)23-10-17-22(44-23)11-20(35)27(25(17)31)42-5-4-6-43-28-21(41-3)9-16-12-33(13-18(16)26(28)32)24(36)8-15(2)30(39)40/h9-11,14-15,35H,4-8,12-13H2,1-3H3,(H,37,38)(H,39,40). The lowest BCUT2D eigenvalue weighted by Gasteiger charge is -2.16. The maximum Gasteiger partial charge on any atom is 0.306 e. The molecule has 1 aliphatic rings. The molecule has 1 aromatic heterocycles. The maximum atomic E-state index is 15.4. The van der Waals surface area contributed by atoms with Crippen molar-refractivity contribution < 1.29 is 57.5 Å². The highest BCUT2D eigenvalue weighted by atomic mass is 32.1. The zero-order valence-corrected chi connectivity index (χ0v) is 25.0. The summed E-state index contributed by atoms with van der Waals surface area (Å²) in [7, 11) is 1.33. The number of carboxylic acids is 2. The molecule has 44 heavy (non-hydrogen) atoms. The van der Waals surface area contributed by atoms with E-state index in [0.29, 0.717) is 5.56 Å². The molecule has 0 fully saturated rings. The zero-order valence-electron chi connectivity index (χ0n) is 24.1. The highest BCUT2D eigenvalue weighted by molar-refractivity contribution is 7.20. The predicted molar refractivity (Wildman–Crippen MR) is 153 cm³/mol. The quantitative estimate of drug-likeness (QED) is 0.163. The Kier molecular flexibility index (Phi) is 9.92. The minimum atomic E-state index is -1.12. The van der Waals surface area contributed by atoms with E-state index in [1.807, 2.05) is 0 Å². The summed E-state index contributed by atoms with van der Waals surface area (Å²) in [4.78, 5) is 48.7. The first kappa shape index (κ1) is 32.5. The van der Waals surface area contributed by atoms with Crippen molar-refractivity contribution in [3.05, 3.63) is 45.8 Å². The summed E-state index contributed by atoms with van der Waals surface area (Å²) in [6.45, 7) is 2.67. The maximum absolute atomic E-state index is 15.4. The first-order valence-corrected chi connectivity index (χ1v) is 14.5. The number of carbonyl (C=O) groups excluding carboxylic acids is 2. The van der Waals surface area contributed by atoms with E-state index < -0.39 is 58.6 Å². The molecule has 1 amide bonds. The van der Waals surface area contributed by atoms with Gasteiger partial charge in [0.25, 0.3) is 0 Å². The van der Waals surface area contributed by atoms with Gasteiger partial charge in [-0.25, -0.2) is 8.78 Å². The lowest BCUT2D eigenvalue weighted by molar-refractivity contribution is -0.145. The number of phenols is 1. The van der Waals surface area contributed by atoms with E-state index in [0.717, 1.165) is 11.3 Å². The summed E-state index contributed by atoms with van der Waals surface area (Å²) >= 11 is 0.933. The average molecular weight is 636 g/mol. The van der Waals surface area contributed by atoms with Gasteiger partial charge in [0.05, 0.1) is 37.0 Å². The molecule has 0 bridgehead atoms. The Labute approximate surface area is 254 Å². The minimum absolute atomic E-state index is 0.0419. The van der Waals surface area contributed by atoms with Crippen LogP contribution in [0.25, 0.3) is 10.1 Å². The lowest BCUT2D eigenvalue weighted by atomic mass is 10.0. The van der Waals surface area contributed by atoms with Gasteiger partial charge in [0.2, 0.25) is 5.91 Å². The summed E-state index contributed by atoms with van der Waals surface area (Å²) in [6, 6.07) is 4.11. The van der Waals surface area contributed by atoms with Gasteiger partial charge in [-0.3, -0.25) is 19.2 Å². The molecule has 3 aromatic rings. The number of halogens is 2. The van der Waals surface area contributed by atoms with Gasteiger partial charge in [0.1, 0.15) is 0 Å². The van der Waals surface area contributed by atoms with Crippen LogP contribution in [0.2, 0.25) is 0 Å². The Morgan fingerprint density at radius 2 is 1.57 bits per heavy atom. The Balaban J connectivity index is 1.38. The highest BCUT2D eigenvalue weighted by Gasteiger charge is 2.31. The van der Waals surface area contributed by atoms with E-state index in [2.05, 4.69) is 0 Å². The Morgan fingerprint density at radius 1 is 0.932 bits per heavy atom. The summed E-state index contributed by atoms with van der Waals surface area (Å²) in [5, 5.41) is 28.5. The Hall–Kier alpha value is -4.46. The number of phenolic OH excluding ortho intramolecular Hbond substituents is 1. The molecule has 4 rings (SSSR count). The molecule has 11 nitrogen and oxygen atoms in total. The molecule has 0 radical (unpaired) electrons. The summed E-state index contributed by atoms with van der Waals surface area (Å²) in [5.74, 6) is -7.47. The summed E-state index contributed by atoms with van der Waals surface area (Å²) < 4.78 is 47.3. The van der Waals surface area contributed by atoms with Gasteiger partial charge in [0.15, 0.2) is 40.4 Å². The monoisotopic (exact) mass is 635 g/mol. The highest BCUT2D eigenvalue weighted by Crippen LogP contribution is 2.41. The number of nitrogens with zero attached hydrogens (tertiary/aromatic N) is 1. The van der Waals surface area contributed by atoms with Crippen LogP contribution in [-0.4, -0.2) is 64.2 Å². The molecule has 2 atom stereocenters. The third-order valence-electron chi connectivity index (χ3n) is 7.23. The number of thiophene rings is 1. The number of methoxy groups -OCH3 is 1. The number of benzene rings is 2. The fourth-order valence-corrected chi connectivity index (χ4v) is 5.70. The van der Waals surface area contributed by atoms with Crippen molar-refractivity contribution in [2.24, 2.45) is 11.8 Å². The van der Waals surface area contributed by atoms with Gasteiger partial charge < -0.3 is 34.4 Å². The van der Waals surface area contributed by atoms with Crippen LogP contribution in [0.15, 0.2) is 18.2 Å². The van der Waals surface area contributed by atoms with E-state index >= 15 is 8.78 Å². The number of rotatable bonds is 14. The number of amides is 1. The summed E-state index contributed by atoms with van der Waals surface area (Å²) in [6.07, 6.45) is -0.321. The minimum Gasteiger partial charge on any atom is -0.504 e. The fraction of sp³-hybridized carbons (Fsp3) is 0.400. The smallest absolute Gasteiger partial charge is 0.306 e. The second-order valence-corrected chi connectivity index (χ2v) is 11.6. The second kappa shape index (κ2) is 13.5. The third kappa shape index (κ3) is 6.85. The van der Waals surface area contributed by atoms with Crippen molar-refractivity contribution in [2.45, 2.75) is 46.2 Å². The number of ether oxygens (including phenoxy) is 3. The fourth-order valence-electron chi connectivity index (χ4n) is 4.66. The number of hydrogen-bond donors (Lipinski definition) is 3. The molecule has 0 aliphatic carbocycles. The molecule has 3 N–H and O–H groups in total. The molecule has 0 spiro atoms. The number of Topliss-reactive ketones (excluding diaryl/α,β-unsaturated/α-hetero) is 1. The Bertz CT molecular complexity index is 1620. The largest absolute Gasteiger partial charge is 0.504 e. The van der Waals surface area contributed by atoms with Gasteiger partial charge in [-0.2, -0.15) is 0 Å². The van der Waals surface area contributed by atoms with Crippen LogP contribution in [0.3, 0.4) is 0 Å². The van der Waals surface area contributed by atoms with Crippen molar-refractivity contribution in [3.63, 3.8) is 0 Å². The van der Waals surface area contributed by atoms with Crippen LogP contribution in [0.4, 0.5) is 8.78 Å². The van der Waals surface area contributed by atoms with Crippen molar-refractivity contribution in [1.82, 2.24) is 4.90 Å². The first-order chi connectivity index (χ1) is 20.8. The summed E-state index contributed by atoms with van der Waals surface area (Å²) in [5.41, 5.74) is 0.752.